The summed E-state index contributed by atoms with van der Waals surface area (Å²) in [6.07, 6.45) is 3.55. The first-order valence-corrected chi connectivity index (χ1v) is 10.9. The second-order valence-electron chi connectivity index (χ2n) is 7.53. The van der Waals surface area contributed by atoms with Gasteiger partial charge in [-0.3, -0.25) is 0 Å². The largest absolute Gasteiger partial charge is 0.481 e. The van der Waals surface area contributed by atoms with Crippen molar-refractivity contribution in [1.82, 2.24) is 9.97 Å². The highest BCUT2D eigenvalue weighted by Gasteiger charge is 2.30. The van der Waals surface area contributed by atoms with Crippen LogP contribution in [0.1, 0.15) is 24.3 Å². The van der Waals surface area contributed by atoms with Gasteiger partial charge in [0.05, 0.1) is 23.8 Å². The second kappa shape index (κ2) is 8.01. The summed E-state index contributed by atoms with van der Waals surface area (Å²) in [5, 5.41) is 10.9. The number of benzene rings is 2. The molecule has 0 spiro atoms. The Morgan fingerprint density at radius 1 is 0.900 bits per heavy atom. The predicted octanol–water partition coefficient (Wildman–Crippen LogP) is 5.79. The molecule has 0 amide bonds. The van der Waals surface area contributed by atoms with Crippen LogP contribution in [0.5, 0.6) is 5.88 Å². The molecule has 1 fully saturated rings. The van der Waals surface area contributed by atoms with E-state index in [0.717, 1.165) is 45.1 Å². The number of hydrogen-bond donors (Lipinski definition) is 1. The van der Waals surface area contributed by atoms with E-state index in [0.29, 0.717) is 5.88 Å². The highest BCUT2D eigenvalue weighted by atomic mass is 32.1. The number of aromatic nitrogens is 2. The molecule has 0 radical (unpaired) electrons. The molecule has 0 saturated heterocycles. The molecule has 4 aromatic rings. The molecule has 4 nitrogen and oxygen atoms in total. The lowest BCUT2D eigenvalue weighted by Crippen LogP contribution is -2.28. The second-order valence-corrected chi connectivity index (χ2v) is 8.52. The number of pyridine rings is 1. The predicted molar refractivity (Wildman–Crippen MR) is 121 cm³/mol. The number of hydrogen-bond acceptors (Lipinski definition) is 5. The van der Waals surface area contributed by atoms with E-state index >= 15 is 0 Å². The summed E-state index contributed by atoms with van der Waals surface area (Å²) in [6, 6.07) is 22.7. The van der Waals surface area contributed by atoms with Crippen LogP contribution in [-0.4, -0.2) is 28.3 Å². The Morgan fingerprint density at radius 2 is 1.67 bits per heavy atom. The minimum absolute atomic E-state index is 0.204. The van der Waals surface area contributed by atoms with E-state index < -0.39 is 0 Å². The van der Waals surface area contributed by atoms with Crippen LogP contribution in [0.4, 0.5) is 0 Å². The van der Waals surface area contributed by atoms with Gasteiger partial charge in [0.15, 0.2) is 0 Å². The fourth-order valence-corrected chi connectivity index (χ4v) is 4.89. The van der Waals surface area contributed by atoms with Crippen LogP contribution >= 0.6 is 11.3 Å². The molecule has 1 saturated carbocycles. The monoisotopic (exact) mass is 414 g/mol. The number of aliphatic hydroxyl groups is 1. The van der Waals surface area contributed by atoms with Crippen molar-refractivity contribution in [2.75, 3.05) is 7.11 Å². The molecule has 1 aliphatic rings. The van der Waals surface area contributed by atoms with E-state index in [2.05, 4.69) is 53.5 Å². The molecule has 2 aromatic heterocycles. The van der Waals surface area contributed by atoms with Crippen LogP contribution in [0.3, 0.4) is 0 Å². The average molecular weight is 415 g/mol. The minimum atomic E-state index is -0.204. The Balaban J connectivity index is 1.56. The highest BCUT2D eigenvalue weighted by molar-refractivity contribution is 7.19. The molecule has 0 aliphatic heterocycles. The minimum Gasteiger partial charge on any atom is -0.481 e. The van der Waals surface area contributed by atoms with Crippen molar-refractivity contribution in [3.05, 3.63) is 78.5 Å². The maximum absolute atomic E-state index is 9.98. The van der Waals surface area contributed by atoms with Crippen molar-refractivity contribution < 1.29 is 9.84 Å². The average Bonchev–Trinajstić information content (AvgIpc) is 3.25. The lowest BCUT2D eigenvalue weighted by atomic mass is 9.77. The van der Waals surface area contributed by atoms with E-state index in [1.807, 2.05) is 18.2 Å². The molecule has 30 heavy (non-hydrogen) atoms. The number of methoxy groups -OCH3 is 1. The Hall–Kier alpha value is -3.02. The maximum atomic E-state index is 9.98. The SMILES string of the molecule is COc1ccc(-c2nc(-c3ccc(C4CCC4O)cc3)c(-c3ccccc3)s2)cn1. The molecule has 1 N–H and O–H groups in total. The van der Waals surface area contributed by atoms with Gasteiger partial charge in [-0.15, -0.1) is 11.3 Å². The zero-order chi connectivity index (χ0) is 20.5. The molecule has 2 aromatic carbocycles. The smallest absolute Gasteiger partial charge is 0.212 e. The first-order chi connectivity index (χ1) is 14.7. The van der Waals surface area contributed by atoms with Crippen molar-refractivity contribution in [2.24, 2.45) is 0 Å². The van der Waals surface area contributed by atoms with Gasteiger partial charge in [-0.25, -0.2) is 9.97 Å². The van der Waals surface area contributed by atoms with Crippen molar-refractivity contribution >= 4 is 11.3 Å². The van der Waals surface area contributed by atoms with Crippen molar-refractivity contribution in [2.45, 2.75) is 24.9 Å². The summed E-state index contributed by atoms with van der Waals surface area (Å²) in [4.78, 5) is 10.5. The van der Waals surface area contributed by atoms with Crippen LogP contribution in [0.15, 0.2) is 72.9 Å². The number of rotatable bonds is 5. The van der Waals surface area contributed by atoms with E-state index in [-0.39, 0.29) is 12.0 Å². The molecule has 2 atom stereocenters. The first-order valence-electron chi connectivity index (χ1n) is 10.1. The molecular weight excluding hydrogens is 392 g/mol. The molecule has 1 aliphatic carbocycles. The number of nitrogens with zero attached hydrogens (tertiary/aromatic N) is 2. The van der Waals surface area contributed by atoms with Gasteiger partial charge in [-0.05, 0) is 30.0 Å². The third-order valence-electron chi connectivity index (χ3n) is 5.71. The first kappa shape index (κ1) is 19.0. The zero-order valence-electron chi connectivity index (χ0n) is 16.7. The summed E-state index contributed by atoms with van der Waals surface area (Å²) in [5.41, 5.74) is 5.37. The van der Waals surface area contributed by atoms with Gasteiger partial charge < -0.3 is 9.84 Å². The summed E-state index contributed by atoms with van der Waals surface area (Å²) in [5.74, 6) is 0.858. The molecular formula is C25H22N2O2S. The van der Waals surface area contributed by atoms with E-state index in [4.69, 9.17) is 9.72 Å². The summed E-state index contributed by atoms with van der Waals surface area (Å²) in [6.45, 7) is 0. The number of aliphatic hydroxyl groups excluding tert-OH is 1. The van der Waals surface area contributed by atoms with Gasteiger partial charge in [-0.2, -0.15) is 0 Å². The van der Waals surface area contributed by atoms with E-state index in [9.17, 15) is 5.11 Å². The van der Waals surface area contributed by atoms with Crippen molar-refractivity contribution in [1.29, 1.82) is 0 Å². The quantitative estimate of drug-likeness (QED) is 0.449. The van der Waals surface area contributed by atoms with Crippen molar-refractivity contribution in [3.63, 3.8) is 0 Å². The van der Waals surface area contributed by atoms with Crippen LogP contribution in [0, 0.1) is 0 Å². The van der Waals surface area contributed by atoms with Gasteiger partial charge >= 0.3 is 0 Å². The normalized spacial score (nSPS) is 18.1. The molecule has 150 valence electrons. The van der Waals surface area contributed by atoms with Crippen LogP contribution in [-0.2, 0) is 0 Å². The van der Waals surface area contributed by atoms with Gasteiger partial charge in [0, 0.05) is 29.3 Å². The molecule has 2 unspecified atom stereocenters. The Labute approximate surface area is 179 Å². The third-order valence-corrected chi connectivity index (χ3v) is 6.86. The zero-order valence-corrected chi connectivity index (χ0v) is 17.5. The fraction of sp³-hybridized carbons (Fsp3) is 0.200. The van der Waals surface area contributed by atoms with E-state index in [1.54, 1.807) is 24.6 Å². The lowest BCUT2D eigenvalue weighted by molar-refractivity contribution is 0.0661. The topological polar surface area (TPSA) is 55.2 Å². The highest BCUT2D eigenvalue weighted by Crippen LogP contribution is 2.42. The summed E-state index contributed by atoms with van der Waals surface area (Å²) in [7, 11) is 1.61. The molecule has 5 rings (SSSR count). The summed E-state index contributed by atoms with van der Waals surface area (Å²) >= 11 is 1.67. The Morgan fingerprint density at radius 3 is 2.27 bits per heavy atom. The standard InChI is InChI=1S/C25H22N2O2S/c1-29-22-14-11-19(15-26-22)25-27-23(24(30-25)18-5-3-2-4-6-18)17-9-7-16(8-10-17)20-12-13-21(20)28/h2-11,14-15,20-21,28H,12-13H2,1H3. The molecule has 2 heterocycles. The Bertz CT molecular complexity index is 1140. The van der Waals surface area contributed by atoms with Gasteiger partial charge in [0.1, 0.15) is 5.01 Å². The molecule has 0 bridgehead atoms. The van der Waals surface area contributed by atoms with Gasteiger partial charge in [-0.1, -0.05) is 54.6 Å². The number of thiazole rings is 1. The van der Waals surface area contributed by atoms with Crippen LogP contribution in [0.25, 0.3) is 32.3 Å². The Kier molecular flexibility index (Phi) is 5.07. The van der Waals surface area contributed by atoms with Crippen LogP contribution in [0.2, 0.25) is 0 Å². The third kappa shape index (κ3) is 3.51. The van der Waals surface area contributed by atoms with Crippen LogP contribution < -0.4 is 4.74 Å². The molecule has 5 heteroatoms. The number of ether oxygens (including phenoxy) is 1. The van der Waals surface area contributed by atoms with Gasteiger partial charge in [0.2, 0.25) is 5.88 Å². The summed E-state index contributed by atoms with van der Waals surface area (Å²) < 4.78 is 5.18. The fourth-order valence-electron chi connectivity index (χ4n) is 3.81. The van der Waals surface area contributed by atoms with E-state index in [1.165, 1.54) is 5.56 Å². The van der Waals surface area contributed by atoms with Crippen molar-refractivity contribution in [3.8, 4) is 38.1 Å². The van der Waals surface area contributed by atoms with Gasteiger partial charge in [0.25, 0.3) is 0 Å². The maximum Gasteiger partial charge on any atom is 0.212 e. The lowest BCUT2D eigenvalue weighted by Gasteiger charge is -2.32.